The first-order valence-electron chi connectivity index (χ1n) is 8.03. The lowest BCUT2D eigenvalue weighted by molar-refractivity contribution is -0.118. The van der Waals surface area contributed by atoms with Crippen LogP contribution in [0.3, 0.4) is 0 Å². The lowest BCUT2D eigenvalue weighted by Gasteiger charge is -2.22. The molecule has 1 aromatic heterocycles. The summed E-state index contributed by atoms with van der Waals surface area (Å²) in [5.74, 6) is -0.0538. The number of hydrogen-bond acceptors (Lipinski definition) is 4. The van der Waals surface area contributed by atoms with Crippen LogP contribution >= 0.6 is 23.1 Å². The second kappa shape index (κ2) is 7.85. The lowest BCUT2D eigenvalue weighted by atomic mass is 10.2. The Labute approximate surface area is 150 Å². The summed E-state index contributed by atoms with van der Waals surface area (Å²) in [7, 11) is 0. The molecule has 1 N–H and O–H groups in total. The highest BCUT2D eigenvalue weighted by Gasteiger charge is 2.23. The molecule has 4 nitrogen and oxygen atoms in total. The van der Waals surface area contributed by atoms with Gasteiger partial charge in [0.1, 0.15) is 0 Å². The van der Waals surface area contributed by atoms with E-state index in [4.69, 9.17) is 0 Å². The molecule has 2 heterocycles. The summed E-state index contributed by atoms with van der Waals surface area (Å²) in [5, 5.41) is 5.18. The number of carbonyl (C=O) groups excluding carboxylic acids is 2. The van der Waals surface area contributed by atoms with Crippen molar-refractivity contribution in [2.75, 3.05) is 18.0 Å². The second-order valence-electron chi connectivity index (χ2n) is 5.71. The van der Waals surface area contributed by atoms with Crippen LogP contribution in [0.5, 0.6) is 0 Å². The summed E-state index contributed by atoms with van der Waals surface area (Å²) in [6.07, 6.45) is 1.27. The molecule has 1 aliphatic heterocycles. The zero-order valence-corrected chi connectivity index (χ0v) is 15.2. The first kappa shape index (κ1) is 17.0. The highest BCUT2D eigenvalue weighted by molar-refractivity contribution is 8.00. The fourth-order valence-electron chi connectivity index (χ4n) is 2.66. The van der Waals surface area contributed by atoms with Gasteiger partial charge >= 0.3 is 0 Å². The van der Waals surface area contributed by atoms with Crippen LogP contribution in [0.15, 0.2) is 46.7 Å². The van der Waals surface area contributed by atoms with Crippen LogP contribution < -0.4 is 10.2 Å². The Morgan fingerprint density at radius 1 is 1.25 bits per heavy atom. The van der Waals surface area contributed by atoms with Crippen molar-refractivity contribution in [1.82, 2.24) is 5.32 Å². The quantitative estimate of drug-likeness (QED) is 0.902. The van der Waals surface area contributed by atoms with E-state index in [2.05, 4.69) is 18.3 Å². The number of carbonyl (C=O) groups is 2. The fraction of sp³-hybridized carbons (Fsp3) is 0.333. The predicted molar refractivity (Wildman–Crippen MR) is 100 cm³/mol. The number of anilines is 1. The Kier molecular flexibility index (Phi) is 5.58. The molecule has 1 unspecified atom stereocenters. The van der Waals surface area contributed by atoms with Crippen molar-refractivity contribution in [1.29, 1.82) is 0 Å². The van der Waals surface area contributed by atoms with Gasteiger partial charge in [-0.2, -0.15) is 0 Å². The Bertz CT molecular complexity index is 716. The summed E-state index contributed by atoms with van der Waals surface area (Å²) in [5.41, 5.74) is 0.987. The van der Waals surface area contributed by atoms with Gasteiger partial charge in [0.2, 0.25) is 5.91 Å². The minimum absolute atomic E-state index is 0.0589. The van der Waals surface area contributed by atoms with Crippen molar-refractivity contribution < 1.29 is 9.59 Å². The van der Waals surface area contributed by atoms with E-state index in [9.17, 15) is 9.59 Å². The Morgan fingerprint density at radius 2 is 2.08 bits per heavy atom. The zero-order valence-electron chi connectivity index (χ0n) is 13.5. The van der Waals surface area contributed by atoms with Crippen LogP contribution in [0.1, 0.15) is 29.4 Å². The first-order valence-corrected chi connectivity index (χ1v) is 9.79. The summed E-state index contributed by atoms with van der Waals surface area (Å²) >= 11 is 3.22. The van der Waals surface area contributed by atoms with Crippen molar-refractivity contribution in [2.45, 2.75) is 29.9 Å². The molecular formula is C18H20N2O2S2. The molecule has 0 spiro atoms. The molecule has 0 aliphatic carbocycles. The van der Waals surface area contributed by atoms with Crippen molar-refractivity contribution in [2.24, 2.45) is 0 Å². The average Bonchev–Trinajstić information content (AvgIpc) is 3.05. The predicted octanol–water partition coefficient (Wildman–Crippen LogP) is 3.79. The van der Waals surface area contributed by atoms with Crippen LogP contribution in [0, 0.1) is 0 Å². The number of nitrogens with one attached hydrogen (secondary N) is 1. The van der Waals surface area contributed by atoms with Crippen molar-refractivity contribution >= 4 is 40.6 Å². The Hall–Kier alpha value is -1.79. The highest BCUT2D eigenvalue weighted by atomic mass is 32.2. The summed E-state index contributed by atoms with van der Waals surface area (Å²) in [6, 6.07) is 11.7. The van der Waals surface area contributed by atoms with Gasteiger partial charge < -0.3 is 10.2 Å². The smallest absolute Gasteiger partial charge is 0.261 e. The van der Waals surface area contributed by atoms with Crippen LogP contribution in [0.25, 0.3) is 0 Å². The SMILES string of the molecule is CC1CCN(C(=O)CCNC(=O)c2cccs2)c2ccccc2S1. The second-order valence-corrected chi connectivity index (χ2v) is 8.14. The lowest BCUT2D eigenvalue weighted by Crippen LogP contribution is -2.35. The molecule has 0 fully saturated rings. The normalized spacial score (nSPS) is 17.0. The molecule has 3 rings (SSSR count). The van der Waals surface area contributed by atoms with Crippen molar-refractivity contribution in [3.63, 3.8) is 0 Å². The molecule has 0 bridgehead atoms. The van der Waals surface area contributed by atoms with E-state index in [1.807, 2.05) is 46.3 Å². The molecule has 6 heteroatoms. The van der Waals surface area contributed by atoms with Gasteiger partial charge in [0.25, 0.3) is 5.91 Å². The Morgan fingerprint density at radius 3 is 2.88 bits per heavy atom. The van der Waals surface area contributed by atoms with E-state index in [0.29, 0.717) is 23.1 Å². The van der Waals surface area contributed by atoms with E-state index in [-0.39, 0.29) is 11.8 Å². The number of nitrogens with zero attached hydrogens (tertiary/aromatic N) is 1. The minimum atomic E-state index is -0.113. The molecule has 2 amide bonds. The van der Waals surface area contributed by atoms with Gasteiger partial charge in [-0.15, -0.1) is 23.1 Å². The van der Waals surface area contributed by atoms with Gasteiger partial charge in [-0.25, -0.2) is 0 Å². The number of para-hydroxylation sites is 1. The van der Waals surface area contributed by atoms with E-state index in [1.165, 1.54) is 11.3 Å². The summed E-state index contributed by atoms with van der Waals surface area (Å²) < 4.78 is 0. The van der Waals surface area contributed by atoms with E-state index < -0.39 is 0 Å². The average molecular weight is 361 g/mol. The van der Waals surface area contributed by atoms with Crippen molar-refractivity contribution in [3.8, 4) is 0 Å². The first-order chi connectivity index (χ1) is 11.6. The summed E-state index contributed by atoms with van der Waals surface area (Å²) in [4.78, 5) is 28.3. The molecule has 1 atom stereocenters. The van der Waals surface area contributed by atoms with Gasteiger partial charge in [-0.05, 0) is 30.0 Å². The third-order valence-electron chi connectivity index (χ3n) is 3.91. The number of benzene rings is 1. The van der Waals surface area contributed by atoms with Crippen molar-refractivity contribution in [3.05, 3.63) is 46.7 Å². The van der Waals surface area contributed by atoms with E-state index in [0.717, 1.165) is 23.5 Å². The van der Waals surface area contributed by atoms with Crippen LogP contribution in [-0.2, 0) is 4.79 Å². The number of rotatable bonds is 4. The molecular weight excluding hydrogens is 340 g/mol. The van der Waals surface area contributed by atoms with Gasteiger partial charge in [0.05, 0.1) is 10.6 Å². The molecule has 1 aliphatic rings. The van der Waals surface area contributed by atoms with Crippen LogP contribution in [-0.4, -0.2) is 30.2 Å². The van der Waals surface area contributed by atoms with Gasteiger partial charge in [0.15, 0.2) is 0 Å². The maximum absolute atomic E-state index is 12.7. The monoisotopic (exact) mass is 360 g/mol. The molecule has 24 heavy (non-hydrogen) atoms. The third-order valence-corrected chi connectivity index (χ3v) is 6.02. The number of amides is 2. The maximum atomic E-state index is 12.7. The maximum Gasteiger partial charge on any atom is 0.261 e. The minimum Gasteiger partial charge on any atom is -0.351 e. The molecule has 0 saturated heterocycles. The van der Waals surface area contributed by atoms with E-state index in [1.54, 1.807) is 6.07 Å². The summed E-state index contributed by atoms with van der Waals surface area (Å²) in [6.45, 7) is 3.27. The van der Waals surface area contributed by atoms with Crippen LogP contribution in [0.4, 0.5) is 5.69 Å². The molecule has 1 aromatic carbocycles. The Balaban J connectivity index is 1.61. The molecule has 0 saturated carbocycles. The number of thioether (sulfide) groups is 1. The molecule has 126 valence electrons. The molecule has 0 radical (unpaired) electrons. The zero-order chi connectivity index (χ0) is 16.9. The van der Waals surface area contributed by atoms with Crippen LogP contribution in [0.2, 0.25) is 0 Å². The van der Waals surface area contributed by atoms with E-state index >= 15 is 0 Å². The van der Waals surface area contributed by atoms with Gasteiger partial charge in [-0.3, -0.25) is 9.59 Å². The highest BCUT2D eigenvalue weighted by Crippen LogP contribution is 2.37. The number of fused-ring (bicyclic) bond motifs is 1. The number of hydrogen-bond donors (Lipinski definition) is 1. The molecule has 2 aromatic rings. The third kappa shape index (κ3) is 3.99. The van der Waals surface area contributed by atoms with Gasteiger partial charge in [0, 0.05) is 29.7 Å². The largest absolute Gasteiger partial charge is 0.351 e. The topological polar surface area (TPSA) is 49.4 Å². The van der Waals surface area contributed by atoms with Gasteiger partial charge in [-0.1, -0.05) is 25.1 Å². The number of thiophene rings is 1. The fourth-order valence-corrected chi connectivity index (χ4v) is 4.41. The standard InChI is InChI=1S/C18H20N2O2S2/c1-13-9-11-20(14-5-2-3-6-15(14)24-13)17(21)8-10-19-18(22)16-7-4-12-23-16/h2-7,12-13H,8-11H2,1H3,(H,19,22).